The van der Waals surface area contributed by atoms with Crippen molar-refractivity contribution in [2.24, 2.45) is 0 Å². The molecule has 0 saturated heterocycles. The van der Waals surface area contributed by atoms with Crippen LogP contribution in [-0.4, -0.2) is 21.3 Å². The maximum Gasteiger partial charge on any atom is 0.110 e. The van der Waals surface area contributed by atoms with E-state index in [9.17, 15) is 0 Å². The Morgan fingerprint density at radius 3 is 2.76 bits per heavy atom. The van der Waals surface area contributed by atoms with E-state index >= 15 is 0 Å². The minimum atomic E-state index is 0.223. The lowest BCUT2D eigenvalue weighted by molar-refractivity contribution is 0.286. The molecule has 0 unspecified atom stereocenters. The Balaban J connectivity index is 2.53. The molecule has 1 aromatic carbocycles. The topological polar surface area (TPSA) is 38.1 Å². The van der Waals surface area contributed by atoms with Gasteiger partial charge in [-0.3, -0.25) is 0 Å². The molecule has 0 aliphatic heterocycles. The van der Waals surface area contributed by atoms with Gasteiger partial charge in [0.25, 0.3) is 0 Å². The summed E-state index contributed by atoms with van der Waals surface area (Å²) in [7, 11) is 0. The highest BCUT2D eigenvalue weighted by Gasteiger charge is 2.12. The molecule has 0 aliphatic carbocycles. The third kappa shape index (κ3) is 2.34. The molecule has 0 bridgehead atoms. The molecule has 1 heterocycles. The van der Waals surface area contributed by atoms with Crippen molar-refractivity contribution in [2.45, 2.75) is 39.7 Å². The van der Waals surface area contributed by atoms with Crippen LogP contribution in [0.2, 0.25) is 0 Å². The second kappa shape index (κ2) is 4.88. The van der Waals surface area contributed by atoms with Crippen LogP contribution in [0.3, 0.4) is 0 Å². The van der Waals surface area contributed by atoms with Crippen molar-refractivity contribution >= 4 is 11.0 Å². The smallest absolute Gasteiger partial charge is 0.110 e. The highest BCUT2D eigenvalue weighted by atomic mass is 16.2. The van der Waals surface area contributed by atoms with Crippen LogP contribution in [-0.2, 0) is 6.42 Å². The molecule has 0 amide bonds. The Hall–Kier alpha value is -1.35. The van der Waals surface area contributed by atoms with Gasteiger partial charge in [-0.1, -0.05) is 6.07 Å². The van der Waals surface area contributed by atoms with Crippen molar-refractivity contribution < 1.29 is 5.11 Å². The zero-order valence-corrected chi connectivity index (χ0v) is 10.8. The normalized spacial score (nSPS) is 11.6. The van der Waals surface area contributed by atoms with Crippen LogP contribution in [0, 0.1) is 6.92 Å². The lowest BCUT2D eigenvalue weighted by Crippen LogP contribution is -2.07. The summed E-state index contributed by atoms with van der Waals surface area (Å²) in [4.78, 5) is 4.68. The number of benzene rings is 1. The average Bonchev–Trinajstić information content (AvgIpc) is 2.63. The van der Waals surface area contributed by atoms with Gasteiger partial charge < -0.3 is 9.67 Å². The second-order valence-corrected chi connectivity index (χ2v) is 4.81. The number of aliphatic hydroxyl groups is 1. The fourth-order valence-electron chi connectivity index (χ4n) is 2.25. The molecule has 2 rings (SSSR count). The summed E-state index contributed by atoms with van der Waals surface area (Å²) in [6, 6.07) is 6.78. The summed E-state index contributed by atoms with van der Waals surface area (Å²) < 4.78 is 2.27. The Morgan fingerprint density at radius 1 is 1.35 bits per heavy atom. The Labute approximate surface area is 102 Å². The first-order valence-corrected chi connectivity index (χ1v) is 6.22. The van der Waals surface area contributed by atoms with E-state index in [0.29, 0.717) is 6.04 Å². The highest BCUT2D eigenvalue weighted by molar-refractivity contribution is 5.77. The van der Waals surface area contributed by atoms with Crippen molar-refractivity contribution in [1.29, 1.82) is 0 Å². The van der Waals surface area contributed by atoms with Gasteiger partial charge >= 0.3 is 0 Å². The molecule has 0 spiro atoms. The van der Waals surface area contributed by atoms with E-state index in [0.717, 1.165) is 24.2 Å². The van der Waals surface area contributed by atoms with E-state index in [4.69, 9.17) is 5.11 Å². The van der Waals surface area contributed by atoms with E-state index in [1.54, 1.807) is 0 Å². The van der Waals surface area contributed by atoms with Crippen LogP contribution in [0.25, 0.3) is 11.0 Å². The van der Waals surface area contributed by atoms with E-state index in [2.05, 4.69) is 48.5 Å². The predicted octanol–water partition coefficient (Wildman–Crippen LogP) is 2.85. The lowest BCUT2D eigenvalue weighted by atomic mass is 10.2. The van der Waals surface area contributed by atoms with Gasteiger partial charge in [-0.2, -0.15) is 0 Å². The maximum absolute atomic E-state index is 8.94. The number of rotatable bonds is 4. The van der Waals surface area contributed by atoms with E-state index < -0.39 is 0 Å². The third-order valence-corrected chi connectivity index (χ3v) is 2.99. The predicted molar refractivity (Wildman–Crippen MR) is 70.3 cm³/mol. The van der Waals surface area contributed by atoms with Gasteiger partial charge in [-0.25, -0.2) is 4.98 Å². The largest absolute Gasteiger partial charge is 0.396 e. The quantitative estimate of drug-likeness (QED) is 0.880. The number of aliphatic hydroxyl groups excluding tert-OH is 1. The van der Waals surface area contributed by atoms with Crippen molar-refractivity contribution in [3.63, 3.8) is 0 Å². The summed E-state index contributed by atoms with van der Waals surface area (Å²) in [5.41, 5.74) is 3.49. The van der Waals surface area contributed by atoms with Gasteiger partial charge in [0.15, 0.2) is 0 Å². The molecule has 0 atom stereocenters. The molecular weight excluding hydrogens is 212 g/mol. The minimum Gasteiger partial charge on any atom is -0.396 e. The van der Waals surface area contributed by atoms with Crippen molar-refractivity contribution in [2.75, 3.05) is 6.61 Å². The first kappa shape index (κ1) is 12.1. The monoisotopic (exact) mass is 232 g/mol. The van der Waals surface area contributed by atoms with Gasteiger partial charge in [0, 0.05) is 19.1 Å². The van der Waals surface area contributed by atoms with E-state index in [1.807, 2.05) is 0 Å². The maximum atomic E-state index is 8.94. The van der Waals surface area contributed by atoms with Crippen LogP contribution in [0.5, 0.6) is 0 Å². The van der Waals surface area contributed by atoms with Crippen LogP contribution < -0.4 is 0 Å². The van der Waals surface area contributed by atoms with Crippen molar-refractivity contribution in [3.8, 4) is 0 Å². The first-order valence-electron chi connectivity index (χ1n) is 6.22. The molecule has 0 radical (unpaired) electrons. The molecule has 3 nitrogen and oxygen atoms in total. The summed E-state index contributed by atoms with van der Waals surface area (Å²) in [6.07, 6.45) is 1.61. The Morgan fingerprint density at radius 2 is 2.12 bits per heavy atom. The number of fused-ring (bicyclic) bond motifs is 1. The SMILES string of the molecule is Cc1ccc2c(c1)nc(CCCO)n2C(C)C. The molecule has 1 aromatic heterocycles. The van der Waals surface area contributed by atoms with E-state index in [-0.39, 0.29) is 6.61 Å². The third-order valence-electron chi connectivity index (χ3n) is 2.99. The van der Waals surface area contributed by atoms with Gasteiger partial charge in [0.2, 0.25) is 0 Å². The molecule has 0 saturated carbocycles. The molecule has 1 N–H and O–H groups in total. The van der Waals surface area contributed by atoms with E-state index in [1.165, 1.54) is 11.1 Å². The molecular formula is C14H20N2O. The van der Waals surface area contributed by atoms with Crippen molar-refractivity contribution in [1.82, 2.24) is 9.55 Å². The molecule has 17 heavy (non-hydrogen) atoms. The number of aromatic nitrogens is 2. The average molecular weight is 232 g/mol. The summed E-state index contributed by atoms with van der Waals surface area (Å²) in [5.74, 6) is 1.08. The van der Waals surface area contributed by atoms with Gasteiger partial charge in [0.1, 0.15) is 5.82 Å². The van der Waals surface area contributed by atoms with Crippen LogP contribution in [0.1, 0.15) is 37.7 Å². The van der Waals surface area contributed by atoms with Crippen molar-refractivity contribution in [3.05, 3.63) is 29.6 Å². The van der Waals surface area contributed by atoms with Crippen LogP contribution in [0.4, 0.5) is 0 Å². The number of imidazole rings is 1. The molecule has 0 aliphatic rings. The van der Waals surface area contributed by atoms with Gasteiger partial charge in [0.05, 0.1) is 11.0 Å². The Kier molecular flexibility index (Phi) is 3.48. The van der Waals surface area contributed by atoms with Crippen LogP contribution >= 0.6 is 0 Å². The lowest BCUT2D eigenvalue weighted by Gasteiger charge is -2.12. The van der Waals surface area contributed by atoms with Gasteiger partial charge in [-0.05, 0) is 44.9 Å². The number of hydrogen-bond donors (Lipinski definition) is 1. The fraction of sp³-hybridized carbons (Fsp3) is 0.500. The minimum absolute atomic E-state index is 0.223. The fourth-order valence-corrected chi connectivity index (χ4v) is 2.25. The number of hydrogen-bond acceptors (Lipinski definition) is 2. The molecule has 3 heteroatoms. The Bertz CT molecular complexity index is 514. The molecule has 2 aromatic rings. The standard InChI is InChI=1S/C14H20N2O/c1-10(2)16-13-7-6-11(3)9-12(13)15-14(16)5-4-8-17/h6-7,9-10,17H,4-5,8H2,1-3H3. The van der Waals surface area contributed by atoms with Gasteiger partial charge in [-0.15, -0.1) is 0 Å². The molecule has 0 fully saturated rings. The summed E-state index contributed by atoms with van der Waals surface area (Å²) in [6.45, 7) is 6.65. The summed E-state index contributed by atoms with van der Waals surface area (Å²) >= 11 is 0. The number of aryl methyl sites for hydroxylation is 2. The summed E-state index contributed by atoms with van der Waals surface area (Å²) in [5, 5.41) is 8.94. The second-order valence-electron chi connectivity index (χ2n) is 4.81. The zero-order valence-electron chi connectivity index (χ0n) is 10.8. The van der Waals surface area contributed by atoms with Crippen LogP contribution in [0.15, 0.2) is 18.2 Å². The zero-order chi connectivity index (χ0) is 12.4. The molecule has 92 valence electrons. The number of nitrogens with zero attached hydrogens (tertiary/aromatic N) is 2. The highest BCUT2D eigenvalue weighted by Crippen LogP contribution is 2.22. The first-order chi connectivity index (χ1) is 8.13.